The molecule has 0 saturated carbocycles. The number of likely N-dealkylation sites (N-methyl/N-ethyl adjacent to an activating group) is 1. The van der Waals surface area contributed by atoms with Crippen LogP contribution >= 0.6 is 0 Å². The first kappa shape index (κ1) is 14.5. The fraction of sp³-hybridized carbons (Fsp3) is 0.500. The second kappa shape index (κ2) is 6.00. The van der Waals surface area contributed by atoms with Crippen molar-refractivity contribution in [2.75, 3.05) is 53.2 Å². The van der Waals surface area contributed by atoms with Gasteiger partial charge in [-0.15, -0.1) is 0 Å². The molecule has 1 heterocycles. The highest BCUT2D eigenvalue weighted by molar-refractivity contribution is 5.96. The molecule has 0 bridgehead atoms. The zero-order valence-corrected chi connectivity index (χ0v) is 12.2. The van der Waals surface area contributed by atoms with Gasteiger partial charge in [0.2, 0.25) is 0 Å². The summed E-state index contributed by atoms with van der Waals surface area (Å²) < 4.78 is 10.4. The van der Waals surface area contributed by atoms with Crippen LogP contribution in [0.25, 0.3) is 0 Å². The number of piperazine rings is 1. The van der Waals surface area contributed by atoms with E-state index in [9.17, 15) is 4.79 Å². The number of nitrogens with two attached hydrogens (primary N) is 1. The van der Waals surface area contributed by atoms with Gasteiger partial charge in [0.15, 0.2) is 11.5 Å². The molecule has 1 aliphatic heterocycles. The molecule has 1 aliphatic rings. The number of carbonyl (C=O) groups excluding carboxylic acids is 1. The number of hydrogen-bond donors (Lipinski definition) is 1. The Morgan fingerprint density at radius 3 is 2.35 bits per heavy atom. The standard InChI is InChI=1S/C14H21N3O3/c1-16-4-6-17(7-5-16)14(18)10-8-11(15)13(20-3)12(9-10)19-2/h8-9H,4-7,15H2,1-3H3. The highest BCUT2D eigenvalue weighted by Crippen LogP contribution is 2.34. The minimum atomic E-state index is -0.0225. The van der Waals surface area contributed by atoms with Crippen molar-refractivity contribution < 1.29 is 14.3 Å². The van der Waals surface area contributed by atoms with Crippen LogP contribution in [0.1, 0.15) is 10.4 Å². The fourth-order valence-electron chi connectivity index (χ4n) is 2.31. The molecule has 0 radical (unpaired) electrons. The van der Waals surface area contributed by atoms with Gasteiger partial charge in [0, 0.05) is 31.7 Å². The fourth-order valence-corrected chi connectivity index (χ4v) is 2.31. The van der Waals surface area contributed by atoms with Gasteiger partial charge in [-0.2, -0.15) is 0 Å². The lowest BCUT2D eigenvalue weighted by molar-refractivity contribution is 0.0664. The van der Waals surface area contributed by atoms with E-state index in [1.165, 1.54) is 14.2 Å². The van der Waals surface area contributed by atoms with Crippen molar-refractivity contribution in [2.45, 2.75) is 0 Å². The molecule has 0 aliphatic carbocycles. The van der Waals surface area contributed by atoms with Gasteiger partial charge < -0.3 is 25.0 Å². The number of carbonyl (C=O) groups is 1. The van der Waals surface area contributed by atoms with Crippen molar-refractivity contribution in [3.8, 4) is 11.5 Å². The Hall–Kier alpha value is -1.95. The molecular weight excluding hydrogens is 258 g/mol. The second-order valence-corrected chi connectivity index (χ2v) is 4.90. The molecule has 1 aromatic rings. The number of amides is 1. The van der Waals surface area contributed by atoms with Crippen LogP contribution < -0.4 is 15.2 Å². The van der Waals surface area contributed by atoms with Gasteiger partial charge in [0.05, 0.1) is 19.9 Å². The van der Waals surface area contributed by atoms with E-state index in [1.54, 1.807) is 12.1 Å². The minimum Gasteiger partial charge on any atom is -0.493 e. The van der Waals surface area contributed by atoms with Crippen molar-refractivity contribution in [3.05, 3.63) is 17.7 Å². The predicted molar refractivity (Wildman–Crippen MR) is 77.4 cm³/mol. The predicted octanol–water partition coefficient (Wildman–Crippen LogP) is 0.674. The maximum Gasteiger partial charge on any atom is 0.254 e. The van der Waals surface area contributed by atoms with Crippen LogP contribution in [0.3, 0.4) is 0 Å². The summed E-state index contributed by atoms with van der Waals surface area (Å²) in [6, 6.07) is 3.32. The molecule has 0 atom stereocenters. The number of rotatable bonds is 3. The first-order valence-electron chi connectivity index (χ1n) is 6.56. The molecule has 0 spiro atoms. The van der Waals surface area contributed by atoms with Crippen LogP contribution in [0.4, 0.5) is 5.69 Å². The van der Waals surface area contributed by atoms with Gasteiger partial charge in [-0.3, -0.25) is 4.79 Å². The molecule has 6 nitrogen and oxygen atoms in total. The third kappa shape index (κ3) is 2.80. The Labute approximate surface area is 119 Å². The maximum atomic E-state index is 12.5. The number of ether oxygens (including phenoxy) is 2. The largest absolute Gasteiger partial charge is 0.493 e. The van der Waals surface area contributed by atoms with Crippen molar-refractivity contribution in [1.82, 2.24) is 9.80 Å². The number of hydrogen-bond acceptors (Lipinski definition) is 5. The molecule has 6 heteroatoms. The zero-order valence-electron chi connectivity index (χ0n) is 12.2. The maximum absolute atomic E-state index is 12.5. The van der Waals surface area contributed by atoms with E-state index >= 15 is 0 Å². The molecule has 1 amide bonds. The highest BCUT2D eigenvalue weighted by atomic mass is 16.5. The lowest BCUT2D eigenvalue weighted by atomic mass is 10.1. The van der Waals surface area contributed by atoms with Gasteiger partial charge in [0.25, 0.3) is 5.91 Å². The van der Waals surface area contributed by atoms with Crippen LogP contribution in [0.2, 0.25) is 0 Å². The Balaban J connectivity index is 2.24. The molecular formula is C14H21N3O3. The lowest BCUT2D eigenvalue weighted by Crippen LogP contribution is -2.47. The first-order valence-corrected chi connectivity index (χ1v) is 6.56. The number of benzene rings is 1. The summed E-state index contributed by atoms with van der Waals surface area (Å²) in [4.78, 5) is 16.5. The average molecular weight is 279 g/mol. The quantitative estimate of drug-likeness (QED) is 0.824. The molecule has 2 rings (SSSR count). The van der Waals surface area contributed by atoms with Gasteiger partial charge in [0.1, 0.15) is 0 Å². The Bertz CT molecular complexity index is 497. The van der Waals surface area contributed by atoms with E-state index in [0.29, 0.717) is 22.7 Å². The summed E-state index contributed by atoms with van der Waals surface area (Å²) in [5.74, 6) is 0.915. The summed E-state index contributed by atoms with van der Waals surface area (Å²) in [5.41, 5.74) is 6.85. The topological polar surface area (TPSA) is 68.0 Å². The van der Waals surface area contributed by atoms with E-state index < -0.39 is 0 Å². The van der Waals surface area contributed by atoms with E-state index in [2.05, 4.69) is 11.9 Å². The molecule has 0 aromatic heterocycles. The molecule has 1 saturated heterocycles. The molecule has 110 valence electrons. The van der Waals surface area contributed by atoms with Crippen LogP contribution in [0.5, 0.6) is 11.5 Å². The van der Waals surface area contributed by atoms with Gasteiger partial charge >= 0.3 is 0 Å². The highest BCUT2D eigenvalue weighted by Gasteiger charge is 2.22. The molecule has 2 N–H and O–H groups in total. The summed E-state index contributed by atoms with van der Waals surface area (Å²) >= 11 is 0. The van der Waals surface area contributed by atoms with Gasteiger partial charge in [-0.05, 0) is 19.2 Å². The van der Waals surface area contributed by atoms with Gasteiger partial charge in [-0.1, -0.05) is 0 Å². The average Bonchev–Trinajstić information content (AvgIpc) is 2.46. The third-order valence-corrected chi connectivity index (χ3v) is 3.55. The Morgan fingerprint density at radius 1 is 1.15 bits per heavy atom. The zero-order chi connectivity index (χ0) is 14.7. The first-order chi connectivity index (χ1) is 9.56. The monoisotopic (exact) mass is 279 g/mol. The molecule has 0 unspecified atom stereocenters. The normalized spacial score (nSPS) is 16.1. The number of anilines is 1. The number of nitrogens with zero attached hydrogens (tertiary/aromatic N) is 2. The van der Waals surface area contributed by atoms with E-state index in [4.69, 9.17) is 15.2 Å². The number of methoxy groups -OCH3 is 2. The summed E-state index contributed by atoms with van der Waals surface area (Å²) in [5, 5.41) is 0. The lowest BCUT2D eigenvalue weighted by Gasteiger charge is -2.32. The van der Waals surface area contributed by atoms with E-state index in [1.807, 2.05) is 4.90 Å². The minimum absolute atomic E-state index is 0.0225. The Morgan fingerprint density at radius 2 is 1.80 bits per heavy atom. The summed E-state index contributed by atoms with van der Waals surface area (Å²) in [7, 11) is 5.10. The van der Waals surface area contributed by atoms with Crippen molar-refractivity contribution in [1.29, 1.82) is 0 Å². The second-order valence-electron chi connectivity index (χ2n) is 4.90. The number of nitrogen functional groups attached to an aromatic ring is 1. The van der Waals surface area contributed by atoms with Crippen LogP contribution in [0.15, 0.2) is 12.1 Å². The summed E-state index contributed by atoms with van der Waals surface area (Å²) in [6.45, 7) is 3.22. The van der Waals surface area contributed by atoms with E-state index in [0.717, 1.165) is 26.2 Å². The van der Waals surface area contributed by atoms with Crippen LogP contribution in [-0.2, 0) is 0 Å². The molecule has 20 heavy (non-hydrogen) atoms. The SMILES string of the molecule is COc1cc(C(=O)N2CCN(C)CC2)cc(N)c1OC. The van der Waals surface area contributed by atoms with Crippen molar-refractivity contribution >= 4 is 11.6 Å². The van der Waals surface area contributed by atoms with Crippen molar-refractivity contribution in [2.24, 2.45) is 0 Å². The molecule has 1 aromatic carbocycles. The van der Waals surface area contributed by atoms with Gasteiger partial charge in [-0.25, -0.2) is 0 Å². The van der Waals surface area contributed by atoms with Crippen LogP contribution in [0, 0.1) is 0 Å². The van der Waals surface area contributed by atoms with Crippen LogP contribution in [-0.4, -0.2) is 63.2 Å². The third-order valence-electron chi connectivity index (χ3n) is 3.55. The molecule has 1 fully saturated rings. The smallest absolute Gasteiger partial charge is 0.254 e. The summed E-state index contributed by atoms with van der Waals surface area (Å²) in [6.07, 6.45) is 0. The Kier molecular flexibility index (Phi) is 4.34. The van der Waals surface area contributed by atoms with Crippen molar-refractivity contribution in [3.63, 3.8) is 0 Å². The van der Waals surface area contributed by atoms with E-state index in [-0.39, 0.29) is 5.91 Å².